The molecular formula is C16H17NO5. The minimum atomic E-state index is -0.645. The first kappa shape index (κ1) is 15.6. The average molecular weight is 303 g/mol. The third-order valence-electron chi connectivity index (χ3n) is 3.10. The summed E-state index contributed by atoms with van der Waals surface area (Å²) in [5, 5.41) is 0.756. The van der Waals surface area contributed by atoms with Crippen molar-refractivity contribution >= 4 is 28.4 Å². The Balaban J connectivity index is 2.71. The van der Waals surface area contributed by atoms with Gasteiger partial charge in [-0.1, -0.05) is 18.2 Å². The summed E-state index contributed by atoms with van der Waals surface area (Å²) in [6.45, 7) is 2.24. The Hall–Kier alpha value is -2.76. The van der Waals surface area contributed by atoms with Gasteiger partial charge < -0.3 is 19.2 Å². The highest BCUT2D eigenvalue weighted by Crippen LogP contribution is 2.34. The molecule has 6 nitrogen and oxygen atoms in total. The van der Waals surface area contributed by atoms with E-state index in [1.165, 1.54) is 14.2 Å². The summed E-state index contributed by atoms with van der Waals surface area (Å²) < 4.78 is 14.9. The van der Waals surface area contributed by atoms with Gasteiger partial charge in [-0.2, -0.15) is 0 Å². The molecule has 22 heavy (non-hydrogen) atoms. The molecule has 0 spiro atoms. The summed E-state index contributed by atoms with van der Waals surface area (Å²) in [4.78, 5) is 26.8. The third-order valence-corrected chi connectivity index (χ3v) is 3.10. The van der Waals surface area contributed by atoms with E-state index >= 15 is 0 Å². The van der Waals surface area contributed by atoms with Crippen molar-refractivity contribution in [1.82, 2.24) is 4.98 Å². The molecule has 0 radical (unpaired) electrons. The summed E-state index contributed by atoms with van der Waals surface area (Å²) in [6.07, 6.45) is 1.10. The Kier molecular flexibility index (Phi) is 4.83. The van der Waals surface area contributed by atoms with Crippen molar-refractivity contribution in [3.8, 4) is 5.88 Å². The standard InChI is InChI=1S/C16H17NO5/c1-4-22-15-14(10-7-5-6-8-12(10)17-15)11(16(19)21-3)9-13(18)20-2/h5-9,17H,4H2,1-3H3. The van der Waals surface area contributed by atoms with Crippen LogP contribution in [0.4, 0.5) is 0 Å². The van der Waals surface area contributed by atoms with Crippen LogP contribution in [0.15, 0.2) is 30.3 Å². The fourth-order valence-corrected chi connectivity index (χ4v) is 2.16. The fourth-order valence-electron chi connectivity index (χ4n) is 2.16. The number of hydrogen-bond donors (Lipinski definition) is 1. The predicted molar refractivity (Wildman–Crippen MR) is 81.5 cm³/mol. The second-order valence-electron chi connectivity index (χ2n) is 4.38. The summed E-state index contributed by atoms with van der Waals surface area (Å²) >= 11 is 0. The average Bonchev–Trinajstić information content (AvgIpc) is 2.89. The fraction of sp³-hybridized carbons (Fsp3) is 0.250. The predicted octanol–water partition coefficient (Wildman–Crippen LogP) is 2.30. The molecule has 1 aromatic carbocycles. The summed E-state index contributed by atoms with van der Waals surface area (Å²) in [5.41, 5.74) is 1.35. The molecule has 0 bridgehead atoms. The number of methoxy groups -OCH3 is 2. The van der Waals surface area contributed by atoms with Crippen LogP contribution in [0.3, 0.4) is 0 Å². The van der Waals surface area contributed by atoms with Gasteiger partial charge in [0.1, 0.15) is 0 Å². The molecule has 1 heterocycles. The molecule has 0 aliphatic heterocycles. The lowest BCUT2D eigenvalue weighted by Crippen LogP contribution is -2.08. The van der Waals surface area contributed by atoms with Crippen LogP contribution in [-0.4, -0.2) is 37.7 Å². The monoisotopic (exact) mass is 303 g/mol. The van der Waals surface area contributed by atoms with E-state index in [0.29, 0.717) is 18.1 Å². The molecule has 0 saturated heterocycles. The third kappa shape index (κ3) is 2.95. The van der Waals surface area contributed by atoms with Gasteiger partial charge in [0.15, 0.2) is 5.88 Å². The number of aromatic amines is 1. The Morgan fingerprint density at radius 1 is 1.18 bits per heavy atom. The largest absolute Gasteiger partial charge is 0.479 e. The zero-order valence-corrected chi connectivity index (χ0v) is 12.6. The first-order valence-corrected chi connectivity index (χ1v) is 6.74. The number of hydrogen-bond acceptors (Lipinski definition) is 5. The smallest absolute Gasteiger partial charge is 0.338 e. The highest BCUT2D eigenvalue weighted by Gasteiger charge is 2.23. The zero-order chi connectivity index (χ0) is 16.1. The second kappa shape index (κ2) is 6.80. The number of para-hydroxylation sites is 1. The van der Waals surface area contributed by atoms with E-state index in [2.05, 4.69) is 9.72 Å². The first-order valence-electron chi connectivity index (χ1n) is 6.74. The highest BCUT2D eigenvalue weighted by molar-refractivity contribution is 6.24. The van der Waals surface area contributed by atoms with Gasteiger partial charge in [-0.15, -0.1) is 0 Å². The van der Waals surface area contributed by atoms with Gasteiger partial charge in [0.05, 0.1) is 32.0 Å². The Bertz CT molecular complexity index is 729. The molecule has 0 aliphatic rings. The number of carbonyl (C=O) groups excluding carboxylic acids is 2. The normalized spacial score (nSPS) is 11.3. The molecule has 6 heteroatoms. The van der Waals surface area contributed by atoms with Crippen LogP contribution in [0.5, 0.6) is 5.88 Å². The van der Waals surface area contributed by atoms with E-state index in [-0.39, 0.29) is 5.57 Å². The molecular weight excluding hydrogens is 286 g/mol. The number of rotatable bonds is 5. The maximum atomic E-state index is 12.1. The minimum absolute atomic E-state index is 0.0789. The molecule has 0 unspecified atom stereocenters. The van der Waals surface area contributed by atoms with Crippen LogP contribution in [-0.2, 0) is 19.1 Å². The topological polar surface area (TPSA) is 77.6 Å². The van der Waals surface area contributed by atoms with E-state index in [1.54, 1.807) is 0 Å². The first-order chi connectivity index (χ1) is 10.6. The Morgan fingerprint density at radius 3 is 2.55 bits per heavy atom. The van der Waals surface area contributed by atoms with Crippen molar-refractivity contribution in [1.29, 1.82) is 0 Å². The summed E-state index contributed by atoms with van der Waals surface area (Å²) in [7, 11) is 2.50. The lowest BCUT2D eigenvalue weighted by molar-refractivity contribution is -0.136. The number of nitrogens with one attached hydrogen (secondary N) is 1. The molecule has 1 aromatic heterocycles. The SMILES string of the molecule is CCOc1[nH]c2ccccc2c1C(=CC(=O)OC)C(=O)OC. The molecule has 2 rings (SSSR count). The number of benzene rings is 1. The quantitative estimate of drug-likeness (QED) is 0.677. The number of carbonyl (C=O) groups is 2. The van der Waals surface area contributed by atoms with E-state index in [0.717, 1.165) is 17.0 Å². The molecule has 0 saturated carbocycles. The number of H-pyrrole nitrogens is 1. The maximum absolute atomic E-state index is 12.1. The van der Waals surface area contributed by atoms with Gasteiger partial charge in [-0.25, -0.2) is 9.59 Å². The van der Waals surface area contributed by atoms with Crippen molar-refractivity contribution in [2.75, 3.05) is 20.8 Å². The van der Waals surface area contributed by atoms with Crippen LogP contribution >= 0.6 is 0 Å². The molecule has 2 aromatic rings. The van der Waals surface area contributed by atoms with Crippen LogP contribution in [0.25, 0.3) is 16.5 Å². The summed E-state index contributed by atoms with van der Waals surface area (Å²) in [5.74, 6) is -0.881. The van der Waals surface area contributed by atoms with E-state index in [4.69, 9.17) is 9.47 Å². The lowest BCUT2D eigenvalue weighted by Gasteiger charge is -2.08. The van der Waals surface area contributed by atoms with E-state index in [1.807, 2.05) is 31.2 Å². The number of aromatic nitrogens is 1. The molecule has 0 fully saturated rings. The van der Waals surface area contributed by atoms with Crippen LogP contribution < -0.4 is 4.74 Å². The van der Waals surface area contributed by atoms with Crippen LogP contribution in [0.1, 0.15) is 12.5 Å². The van der Waals surface area contributed by atoms with Gasteiger partial charge >= 0.3 is 11.9 Å². The van der Waals surface area contributed by atoms with Crippen molar-refractivity contribution < 1.29 is 23.8 Å². The highest BCUT2D eigenvalue weighted by atomic mass is 16.5. The van der Waals surface area contributed by atoms with E-state index < -0.39 is 11.9 Å². The van der Waals surface area contributed by atoms with Crippen molar-refractivity contribution in [3.63, 3.8) is 0 Å². The van der Waals surface area contributed by atoms with Crippen LogP contribution in [0, 0.1) is 0 Å². The molecule has 116 valence electrons. The molecule has 0 aliphatic carbocycles. The maximum Gasteiger partial charge on any atom is 0.338 e. The lowest BCUT2D eigenvalue weighted by atomic mass is 10.0. The van der Waals surface area contributed by atoms with Crippen molar-refractivity contribution in [2.24, 2.45) is 0 Å². The second-order valence-corrected chi connectivity index (χ2v) is 4.38. The number of fused-ring (bicyclic) bond motifs is 1. The van der Waals surface area contributed by atoms with Gasteiger partial charge in [-0.3, -0.25) is 0 Å². The van der Waals surface area contributed by atoms with E-state index in [9.17, 15) is 9.59 Å². The minimum Gasteiger partial charge on any atom is -0.479 e. The summed E-state index contributed by atoms with van der Waals surface area (Å²) in [6, 6.07) is 7.38. The molecule has 1 N–H and O–H groups in total. The van der Waals surface area contributed by atoms with Gasteiger partial charge in [0.25, 0.3) is 0 Å². The van der Waals surface area contributed by atoms with Crippen molar-refractivity contribution in [2.45, 2.75) is 6.92 Å². The zero-order valence-electron chi connectivity index (χ0n) is 12.6. The van der Waals surface area contributed by atoms with Gasteiger partial charge in [0, 0.05) is 17.0 Å². The Labute approximate surface area is 127 Å². The van der Waals surface area contributed by atoms with Crippen LogP contribution in [0.2, 0.25) is 0 Å². The van der Waals surface area contributed by atoms with Gasteiger partial charge in [0.2, 0.25) is 0 Å². The number of ether oxygens (including phenoxy) is 3. The molecule has 0 amide bonds. The molecule has 0 atom stereocenters. The van der Waals surface area contributed by atoms with Crippen molar-refractivity contribution in [3.05, 3.63) is 35.9 Å². The number of esters is 2. The van der Waals surface area contributed by atoms with Gasteiger partial charge in [-0.05, 0) is 13.0 Å². The Morgan fingerprint density at radius 2 is 1.91 bits per heavy atom.